The van der Waals surface area contributed by atoms with Crippen molar-refractivity contribution >= 4 is 11.6 Å². The molecule has 0 saturated carbocycles. The Labute approximate surface area is 82.2 Å². The van der Waals surface area contributed by atoms with Crippen molar-refractivity contribution in [3.8, 4) is 5.88 Å². The first-order chi connectivity index (χ1) is 6.27. The Morgan fingerprint density at radius 1 is 1.62 bits per heavy atom. The lowest BCUT2D eigenvalue weighted by Crippen LogP contribution is -2.03. The molecule has 3 nitrogen and oxygen atoms in total. The lowest BCUT2D eigenvalue weighted by atomic mass is 10.3. The van der Waals surface area contributed by atoms with Gasteiger partial charge in [0.25, 0.3) is 0 Å². The molecule has 1 heterocycles. The van der Waals surface area contributed by atoms with Gasteiger partial charge in [-0.15, -0.1) is 0 Å². The zero-order chi connectivity index (χ0) is 9.68. The summed E-state index contributed by atoms with van der Waals surface area (Å²) in [5, 5.41) is 0.563. The average molecular weight is 199 g/mol. The van der Waals surface area contributed by atoms with E-state index in [0.717, 1.165) is 0 Å². The van der Waals surface area contributed by atoms with Crippen molar-refractivity contribution in [2.24, 2.45) is 5.73 Å². The van der Waals surface area contributed by atoms with Crippen LogP contribution in [0.15, 0.2) is 24.8 Å². The molecule has 0 bridgehead atoms. The fourth-order valence-electron chi connectivity index (χ4n) is 0.832. The average Bonchev–Trinajstić information content (AvgIpc) is 2.16. The van der Waals surface area contributed by atoms with E-state index in [2.05, 4.69) is 11.6 Å². The lowest BCUT2D eigenvalue weighted by Gasteiger charge is -2.04. The third-order valence-corrected chi connectivity index (χ3v) is 1.78. The molecule has 0 aliphatic carbocycles. The van der Waals surface area contributed by atoms with Crippen molar-refractivity contribution in [1.29, 1.82) is 0 Å². The minimum atomic E-state index is 0.310. The zero-order valence-electron chi connectivity index (χ0n) is 7.16. The molecule has 2 N–H and O–H groups in total. The van der Waals surface area contributed by atoms with Crippen LogP contribution in [0.3, 0.4) is 0 Å². The number of ether oxygens (including phenoxy) is 1. The van der Waals surface area contributed by atoms with E-state index in [9.17, 15) is 0 Å². The minimum Gasteiger partial charge on any atom is -0.473 e. The third-order valence-electron chi connectivity index (χ3n) is 1.44. The molecule has 0 fully saturated rings. The summed E-state index contributed by atoms with van der Waals surface area (Å²) in [6, 6.07) is 3.42. The summed E-state index contributed by atoms with van der Waals surface area (Å²) in [6.45, 7) is 4.27. The molecule has 1 rings (SSSR count). The van der Waals surface area contributed by atoms with E-state index in [-0.39, 0.29) is 0 Å². The Bertz CT molecular complexity index is 302. The maximum absolute atomic E-state index is 5.81. The lowest BCUT2D eigenvalue weighted by molar-refractivity contribution is 0.347. The van der Waals surface area contributed by atoms with Gasteiger partial charge in [0.05, 0.1) is 10.7 Å². The summed E-state index contributed by atoms with van der Waals surface area (Å²) in [4.78, 5) is 4.10. The molecule has 0 spiro atoms. The summed E-state index contributed by atoms with van der Waals surface area (Å²) in [5.74, 6) is 0.518. The molecule has 13 heavy (non-hydrogen) atoms. The van der Waals surface area contributed by atoms with E-state index >= 15 is 0 Å². The molecule has 0 radical (unpaired) electrons. The standard InChI is InChI=1S/C9H11ClN2O/c1-2-5-13-9-4-3-7(10)8(6-11)12-9/h2-4H,1,5-6,11H2. The van der Waals surface area contributed by atoms with E-state index in [1.807, 2.05) is 0 Å². The van der Waals surface area contributed by atoms with E-state index in [0.29, 0.717) is 29.7 Å². The minimum absolute atomic E-state index is 0.310. The number of hydrogen-bond donors (Lipinski definition) is 1. The van der Waals surface area contributed by atoms with E-state index in [1.54, 1.807) is 18.2 Å². The summed E-state index contributed by atoms with van der Waals surface area (Å²) >= 11 is 5.81. The molecule has 0 aromatic carbocycles. The number of nitrogens with zero attached hydrogens (tertiary/aromatic N) is 1. The van der Waals surface area contributed by atoms with Crippen LogP contribution in [0.4, 0.5) is 0 Å². The molecule has 4 heteroatoms. The van der Waals surface area contributed by atoms with Gasteiger partial charge in [0.1, 0.15) is 6.61 Å². The largest absolute Gasteiger partial charge is 0.473 e. The molecule has 0 unspecified atom stereocenters. The van der Waals surface area contributed by atoms with Crippen molar-refractivity contribution in [3.63, 3.8) is 0 Å². The fraction of sp³-hybridized carbons (Fsp3) is 0.222. The molecule has 0 saturated heterocycles. The Hall–Kier alpha value is -1.06. The quantitative estimate of drug-likeness (QED) is 0.750. The molecule has 70 valence electrons. The molecule has 0 aliphatic rings. The molecule has 0 amide bonds. The van der Waals surface area contributed by atoms with E-state index in [1.165, 1.54) is 0 Å². The Balaban J connectivity index is 2.79. The van der Waals surface area contributed by atoms with Crippen LogP contribution < -0.4 is 10.5 Å². The van der Waals surface area contributed by atoms with Gasteiger partial charge in [0.2, 0.25) is 5.88 Å². The van der Waals surface area contributed by atoms with E-state index < -0.39 is 0 Å². The second-order valence-corrected chi connectivity index (χ2v) is 2.79. The van der Waals surface area contributed by atoms with Gasteiger partial charge >= 0.3 is 0 Å². The first-order valence-electron chi connectivity index (χ1n) is 3.87. The maximum atomic E-state index is 5.81. The van der Waals surface area contributed by atoms with Gasteiger partial charge in [-0.05, 0) is 6.07 Å². The predicted molar refractivity (Wildman–Crippen MR) is 52.8 cm³/mol. The van der Waals surface area contributed by atoms with Gasteiger partial charge in [-0.1, -0.05) is 24.3 Å². The number of nitrogens with two attached hydrogens (primary N) is 1. The van der Waals surface area contributed by atoms with Gasteiger partial charge in [-0.25, -0.2) is 4.98 Å². The van der Waals surface area contributed by atoms with Crippen LogP contribution in [0.5, 0.6) is 5.88 Å². The van der Waals surface area contributed by atoms with Crippen LogP contribution in [0.1, 0.15) is 5.69 Å². The van der Waals surface area contributed by atoms with Crippen LogP contribution in [0, 0.1) is 0 Å². The van der Waals surface area contributed by atoms with Crippen LogP contribution >= 0.6 is 11.6 Å². The summed E-state index contributed by atoms with van der Waals surface area (Å²) in [6.07, 6.45) is 1.65. The fourth-order valence-corrected chi connectivity index (χ4v) is 1.01. The highest BCUT2D eigenvalue weighted by Gasteiger charge is 2.01. The number of rotatable bonds is 4. The van der Waals surface area contributed by atoms with Gasteiger partial charge in [0, 0.05) is 12.6 Å². The van der Waals surface area contributed by atoms with E-state index in [4.69, 9.17) is 22.1 Å². The summed E-state index contributed by atoms with van der Waals surface area (Å²) in [7, 11) is 0. The highest BCUT2D eigenvalue weighted by atomic mass is 35.5. The Kier molecular flexibility index (Phi) is 3.73. The third kappa shape index (κ3) is 2.72. The van der Waals surface area contributed by atoms with Crippen LogP contribution in [-0.4, -0.2) is 11.6 Å². The zero-order valence-corrected chi connectivity index (χ0v) is 7.92. The molecule has 0 aliphatic heterocycles. The predicted octanol–water partition coefficient (Wildman–Crippen LogP) is 1.76. The Morgan fingerprint density at radius 2 is 2.38 bits per heavy atom. The maximum Gasteiger partial charge on any atom is 0.213 e. The van der Waals surface area contributed by atoms with Gasteiger partial charge in [0.15, 0.2) is 0 Å². The normalized spacial score (nSPS) is 9.69. The number of pyridine rings is 1. The SMILES string of the molecule is C=CCOc1ccc(Cl)c(CN)n1. The van der Waals surface area contributed by atoms with Crippen LogP contribution in [0.2, 0.25) is 5.02 Å². The van der Waals surface area contributed by atoms with Crippen molar-refractivity contribution in [3.05, 3.63) is 35.5 Å². The Morgan fingerprint density at radius 3 is 3.00 bits per heavy atom. The number of aromatic nitrogens is 1. The molecular formula is C9H11ClN2O. The molecule has 1 aromatic rings. The van der Waals surface area contributed by atoms with Crippen molar-refractivity contribution in [2.45, 2.75) is 6.54 Å². The summed E-state index contributed by atoms with van der Waals surface area (Å²) in [5.41, 5.74) is 6.07. The number of halogens is 1. The van der Waals surface area contributed by atoms with Crippen molar-refractivity contribution < 1.29 is 4.74 Å². The second-order valence-electron chi connectivity index (χ2n) is 2.38. The van der Waals surface area contributed by atoms with Crippen molar-refractivity contribution in [1.82, 2.24) is 4.98 Å². The number of hydrogen-bond acceptors (Lipinski definition) is 3. The first kappa shape index (κ1) is 10.0. The highest BCUT2D eigenvalue weighted by Crippen LogP contribution is 2.17. The van der Waals surface area contributed by atoms with Gasteiger partial charge in [-0.3, -0.25) is 0 Å². The molecule has 1 aromatic heterocycles. The smallest absolute Gasteiger partial charge is 0.213 e. The highest BCUT2D eigenvalue weighted by molar-refractivity contribution is 6.31. The molecular weight excluding hydrogens is 188 g/mol. The van der Waals surface area contributed by atoms with Crippen LogP contribution in [-0.2, 0) is 6.54 Å². The van der Waals surface area contributed by atoms with Crippen LogP contribution in [0.25, 0.3) is 0 Å². The molecule has 0 atom stereocenters. The topological polar surface area (TPSA) is 48.1 Å². The first-order valence-corrected chi connectivity index (χ1v) is 4.25. The van der Waals surface area contributed by atoms with Crippen molar-refractivity contribution in [2.75, 3.05) is 6.61 Å². The van der Waals surface area contributed by atoms with Gasteiger partial charge < -0.3 is 10.5 Å². The van der Waals surface area contributed by atoms with Gasteiger partial charge in [-0.2, -0.15) is 0 Å². The monoisotopic (exact) mass is 198 g/mol. The second kappa shape index (κ2) is 4.84. The summed E-state index contributed by atoms with van der Waals surface area (Å²) < 4.78 is 5.21.